The number of carbonyl (C=O) groups excluding carboxylic acids is 1. The molecule has 0 unspecified atom stereocenters. The zero-order chi connectivity index (χ0) is 18.1. The first-order valence-corrected chi connectivity index (χ1v) is 10.4. The number of piperazine rings is 1. The van der Waals surface area contributed by atoms with Gasteiger partial charge in [0.25, 0.3) is 0 Å². The third-order valence-corrected chi connectivity index (χ3v) is 6.78. The summed E-state index contributed by atoms with van der Waals surface area (Å²) in [6, 6.07) is 0. The van der Waals surface area contributed by atoms with Crippen LogP contribution in [0.3, 0.4) is 0 Å². The Hall–Kier alpha value is -1.23. The molecule has 24 heavy (non-hydrogen) atoms. The maximum absolute atomic E-state index is 12.0. The van der Waals surface area contributed by atoms with Crippen molar-refractivity contribution in [3.05, 3.63) is 16.0 Å². The van der Waals surface area contributed by atoms with Gasteiger partial charge in [-0.25, -0.2) is 13.2 Å². The molecule has 134 valence electrons. The lowest BCUT2D eigenvalue weighted by Gasteiger charge is -2.34. The largest absolute Gasteiger partial charge is 0.465 e. The average molecular weight is 392 g/mol. The Kier molecular flexibility index (Phi) is 5.84. The van der Waals surface area contributed by atoms with Gasteiger partial charge in [0.05, 0.1) is 18.9 Å². The van der Waals surface area contributed by atoms with E-state index in [1.165, 1.54) is 29.0 Å². The second-order valence-electron chi connectivity index (χ2n) is 5.56. The molecule has 1 saturated heterocycles. The maximum atomic E-state index is 12.0. The minimum absolute atomic E-state index is 0.396. The fraction of sp³-hybridized carbons (Fsp3) is 0.571. The predicted molar refractivity (Wildman–Crippen MR) is 99.3 cm³/mol. The van der Waals surface area contributed by atoms with Gasteiger partial charge in [0, 0.05) is 31.1 Å². The first-order chi connectivity index (χ1) is 11.1. The van der Waals surface area contributed by atoms with E-state index < -0.39 is 16.0 Å². The standard InChI is InChI=1S/C14H21N3O4S3/c1-9-10(2)23-12(11(9)13(18)21-3)15-14(22)16-5-7-17(8-6-16)24(4,19)20/h5-8H2,1-4H3,(H,15,22). The SMILES string of the molecule is COC(=O)c1c(NC(=S)N2CCN(S(C)(=O)=O)CC2)sc(C)c1C. The van der Waals surface area contributed by atoms with E-state index in [9.17, 15) is 13.2 Å². The van der Waals surface area contributed by atoms with Gasteiger partial charge in [-0.05, 0) is 31.6 Å². The van der Waals surface area contributed by atoms with Crippen LogP contribution in [-0.4, -0.2) is 68.2 Å². The molecule has 1 aromatic heterocycles. The molecule has 1 fully saturated rings. The van der Waals surface area contributed by atoms with Crippen LogP contribution >= 0.6 is 23.6 Å². The van der Waals surface area contributed by atoms with Crippen molar-refractivity contribution in [2.75, 3.05) is 44.9 Å². The Morgan fingerprint density at radius 1 is 1.25 bits per heavy atom. The Labute approximate surface area is 151 Å². The van der Waals surface area contributed by atoms with Crippen molar-refractivity contribution >= 4 is 49.7 Å². The van der Waals surface area contributed by atoms with E-state index in [0.717, 1.165) is 10.4 Å². The number of hydrogen-bond donors (Lipinski definition) is 1. The Balaban J connectivity index is 2.09. The molecule has 1 aliphatic heterocycles. The summed E-state index contributed by atoms with van der Waals surface area (Å²) >= 11 is 6.87. The zero-order valence-electron chi connectivity index (χ0n) is 14.1. The number of hydrogen-bond acceptors (Lipinski definition) is 6. The summed E-state index contributed by atoms with van der Waals surface area (Å²) in [7, 11) is -1.83. The van der Waals surface area contributed by atoms with E-state index >= 15 is 0 Å². The second-order valence-corrected chi connectivity index (χ2v) is 9.15. The minimum atomic E-state index is -3.17. The van der Waals surface area contributed by atoms with Crippen LogP contribution in [0, 0.1) is 13.8 Å². The number of sulfonamides is 1. The number of nitrogens with one attached hydrogen (secondary N) is 1. The summed E-state index contributed by atoms with van der Waals surface area (Å²) < 4.78 is 29.4. The van der Waals surface area contributed by atoms with Crippen molar-refractivity contribution in [3.63, 3.8) is 0 Å². The minimum Gasteiger partial charge on any atom is -0.465 e. The number of aryl methyl sites for hydroxylation is 1. The fourth-order valence-corrected chi connectivity index (χ4v) is 4.69. The first kappa shape index (κ1) is 19.1. The van der Waals surface area contributed by atoms with Gasteiger partial charge in [-0.15, -0.1) is 11.3 Å². The van der Waals surface area contributed by atoms with Crippen molar-refractivity contribution in [2.24, 2.45) is 0 Å². The number of anilines is 1. The lowest BCUT2D eigenvalue weighted by Crippen LogP contribution is -2.51. The molecule has 2 rings (SSSR count). The third-order valence-electron chi connectivity index (χ3n) is 3.99. The van der Waals surface area contributed by atoms with Gasteiger partial charge in [-0.3, -0.25) is 0 Å². The van der Waals surface area contributed by atoms with E-state index in [4.69, 9.17) is 17.0 Å². The van der Waals surface area contributed by atoms with Gasteiger partial charge >= 0.3 is 5.97 Å². The van der Waals surface area contributed by atoms with E-state index in [1.54, 1.807) is 0 Å². The molecule has 0 radical (unpaired) electrons. The second kappa shape index (κ2) is 7.34. The fourth-order valence-electron chi connectivity index (χ4n) is 2.46. The molecule has 0 aromatic carbocycles. The molecular formula is C14H21N3O4S3. The number of carbonyl (C=O) groups is 1. The number of methoxy groups -OCH3 is 1. The van der Waals surface area contributed by atoms with Crippen LogP contribution in [0.25, 0.3) is 0 Å². The van der Waals surface area contributed by atoms with Crippen LogP contribution in [0.5, 0.6) is 0 Å². The summed E-state index contributed by atoms with van der Waals surface area (Å²) in [5.41, 5.74) is 1.37. The van der Waals surface area contributed by atoms with Crippen molar-refractivity contribution in [2.45, 2.75) is 13.8 Å². The smallest absolute Gasteiger partial charge is 0.341 e. The topological polar surface area (TPSA) is 79.0 Å². The van der Waals surface area contributed by atoms with Crippen LogP contribution in [0.2, 0.25) is 0 Å². The van der Waals surface area contributed by atoms with Crippen LogP contribution in [0.1, 0.15) is 20.8 Å². The molecule has 0 amide bonds. The summed E-state index contributed by atoms with van der Waals surface area (Å²) in [4.78, 5) is 14.9. The normalized spacial score (nSPS) is 16.1. The number of esters is 1. The molecule has 0 saturated carbocycles. The highest BCUT2D eigenvalue weighted by Crippen LogP contribution is 2.33. The van der Waals surface area contributed by atoms with Gasteiger partial charge in [-0.2, -0.15) is 4.31 Å². The molecule has 1 N–H and O–H groups in total. The van der Waals surface area contributed by atoms with E-state index in [0.29, 0.717) is 41.9 Å². The van der Waals surface area contributed by atoms with Gasteiger partial charge in [0.2, 0.25) is 10.0 Å². The van der Waals surface area contributed by atoms with Gasteiger partial charge < -0.3 is 15.0 Å². The van der Waals surface area contributed by atoms with Crippen LogP contribution < -0.4 is 5.32 Å². The average Bonchev–Trinajstić information content (AvgIpc) is 2.80. The van der Waals surface area contributed by atoms with Crippen molar-refractivity contribution in [3.8, 4) is 0 Å². The summed E-state index contributed by atoms with van der Waals surface area (Å²) in [6.07, 6.45) is 1.21. The molecular weight excluding hydrogens is 370 g/mol. The molecule has 2 heterocycles. The molecule has 0 bridgehead atoms. The van der Waals surface area contributed by atoms with Crippen molar-refractivity contribution in [1.29, 1.82) is 0 Å². The van der Waals surface area contributed by atoms with Gasteiger partial charge in [0.15, 0.2) is 5.11 Å². The molecule has 0 aliphatic carbocycles. The van der Waals surface area contributed by atoms with Crippen molar-refractivity contribution in [1.82, 2.24) is 9.21 Å². The van der Waals surface area contributed by atoms with E-state index in [1.807, 2.05) is 18.7 Å². The highest BCUT2D eigenvalue weighted by molar-refractivity contribution is 7.88. The number of ether oxygens (including phenoxy) is 1. The predicted octanol–water partition coefficient (Wildman–Crippen LogP) is 1.43. The van der Waals surface area contributed by atoms with E-state index in [2.05, 4.69) is 5.32 Å². The first-order valence-electron chi connectivity index (χ1n) is 7.34. The number of thiocarbonyl (C=S) groups is 1. The van der Waals surface area contributed by atoms with Crippen LogP contribution in [0.4, 0.5) is 5.00 Å². The number of rotatable bonds is 3. The third kappa shape index (κ3) is 4.05. The monoisotopic (exact) mass is 391 g/mol. The molecule has 10 heteroatoms. The Morgan fingerprint density at radius 3 is 2.33 bits per heavy atom. The molecule has 1 aliphatic rings. The quantitative estimate of drug-likeness (QED) is 0.617. The summed E-state index contributed by atoms with van der Waals surface area (Å²) in [5.74, 6) is -0.399. The number of nitrogens with zero attached hydrogens (tertiary/aromatic N) is 2. The van der Waals surface area contributed by atoms with E-state index in [-0.39, 0.29) is 0 Å². The Bertz CT molecular complexity index is 750. The molecule has 0 atom stereocenters. The highest BCUT2D eigenvalue weighted by Gasteiger charge is 2.26. The zero-order valence-corrected chi connectivity index (χ0v) is 16.5. The summed E-state index contributed by atoms with van der Waals surface area (Å²) in [5, 5.41) is 4.26. The molecule has 7 nitrogen and oxygen atoms in total. The van der Waals surface area contributed by atoms with Gasteiger partial charge in [-0.1, -0.05) is 0 Å². The highest BCUT2D eigenvalue weighted by atomic mass is 32.2. The lowest BCUT2D eigenvalue weighted by molar-refractivity contribution is 0.0601. The number of thiophene rings is 1. The van der Waals surface area contributed by atoms with Crippen molar-refractivity contribution < 1.29 is 17.9 Å². The van der Waals surface area contributed by atoms with Crippen LogP contribution in [0.15, 0.2) is 0 Å². The Morgan fingerprint density at radius 2 is 1.83 bits per heavy atom. The van der Waals surface area contributed by atoms with Gasteiger partial charge in [0.1, 0.15) is 5.00 Å². The summed E-state index contributed by atoms with van der Waals surface area (Å²) in [6.45, 7) is 5.62. The lowest BCUT2D eigenvalue weighted by atomic mass is 10.1. The van der Waals surface area contributed by atoms with Crippen LogP contribution in [-0.2, 0) is 14.8 Å². The molecule has 0 spiro atoms. The molecule has 1 aromatic rings. The maximum Gasteiger partial charge on any atom is 0.341 e.